The topological polar surface area (TPSA) is 29.5 Å². The van der Waals surface area contributed by atoms with E-state index in [2.05, 4.69) is 0 Å². The van der Waals surface area contributed by atoms with Gasteiger partial charge in [-0.2, -0.15) is 0 Å². The molecule has 2 aromatic rings. The molecule has 3 nitrogen and oxygen atoms in total. The van der Waals surface area contributed by atoms with Gasteiger partial charge in [0, 0.05) is 18.0 Å². The predicted octanol–water partition coefficient (Wildman–Crippen LogP) is 4.08. The van der Waals surface area contributed by atoms with Crippen LogP contribution in [0.5, 0.6) is 5.75 Å². The Bertz CT molecular complexity index is 634. The maximum atomic E-state index is 12.0. The van der Waals surface area contributed by atoms with E-state index < -0.39 is 0 Å². The molecule has 0 aliphatic heterocycles. The Hall–Kier alpha value is -1.78. The average molecular weight is 322 g/mol. The van der Waals surface area contributed by atoms with E-state index in [1.54, 1.807) is 31.2 Å². The van der Waals surface area contributed by atoms with Crippen molar-refractivity contribution in [1.29, 1.82) is 0 Å². The number of benzene rings is 1. The third-order valence-electron chi connectivity index (χ3n) is 2.93. The van der Waals surface area contributed by atoms with Crippen LogP contribution in [-0.4, -0.2) is 25.0 Å². The number of methoxy groups -OCH3 is 1. The molecule has 0 saturated heterocycles. The third kappa shape index (κ3) is 4.62. The molecule has 1 aromatic heterocycles. The molecule has 1 amide bonds. The molecule has 0 radical (unpaired) electrons. The lowest BCUT2D eigenvalue weighted by Gasteiger charge is -2.13. The molecule has 0 atom stereocenters. The summed E-state index contributed by atoms with van der Waals surface area (Å²) in [5.74, 6) is 0.750. The number of halogens is 1. The van der Waals surface area contributed by atoms with Crippen molar-refractivity contribution in [3.63, 3.8) is 0 Å². The van der Waals surface area contributed by atoms with Crippen LogP contribution in [0.4, 0.5) is 0 Å². The van der Waals surface area contributed by atoms with Crippen LogP contribution < -0.4 is 4.74 Å². The van der Waals surface area contributed by atoms with Crippen LogP contribution in [0, 0.1) is 0 Å². The molecule has 1 heterocycles. The zero-order chi connectivity index (χ0) is 15.2. The van der Waals surface area contributed by atoms with Gasteiger partial charge in [-0.3, -0.25) is 4.79 Å². The van der Waals surface area contributed by atoms with Gasteiger partial charge in [-0.25, -0.2) is 0 Å². The van der Waals surface area contributed by atoms with Crippen LogP contribution in [0.1, 0.15) is 10.4 Å². The van der Waals surface area contributed by atoms with E-state index in [0.717, 1.165) is 20.5 Å². The van der Waals surface area contributed by atoms with Crippen molar-refractivity contribution in [3.8, 4) is 5.75 Å². The first-order valence-corrected chi connectivity index (χ1v) is 7.59. The SMILES string of the molecule is COc1ccc(/C=C/C(=O)N(C)Cc2ccc(Cl)s2)cc1. The second-order valence-corrected chi connectivity index (χ2v) is 6.31. The number of carbonyl (C=O) groups excluding carboxylic acids is 1. The summed E-state index contributed by atoms with van der Waals surface area (Å²) in [6.45, 7) is 0.559. The van der Waals surface area contributed by atoms with Gasteiger partial charge >= 0.3 is 0 Å². The molecular weight excluding hydrogens is 306 g/mol. The van der Waals surface area contributed by atoms with Gasteiger partial charge in [0.1, 0.15) is 5.75 Å². The predicted molar refractivity (Wildman–Crippen MR) is 87.8 cm³/mol. The van der Waals surface area contributed by atoms with E-state index in [1.165, 1.54) is 11.3 Å². The molecule has 5 heteroatoms. The van der Waals surface area contributed by atoms with Gasteiger partial charge in [-0.15, -0.1) is 11.3 Å². The summed E-state index contributed by atoms with van der Waals surface area (Å²) in [4.78, 5) is 14.8. The average Bonchev–Trinajstić information content (AvgIpc) is 2.90. The fourth-order valence-electron chi connectivity index (χ4n) is 1.76. The molecular formula is C16H16ClNO2S. The fraction of sp³-hybridized carbons (Fsp3) is 0.188. The Balaban J connectivity index is 1.94. The van der Waals surface area contributed by atoms with Gasteiger partial charge in [-0.05, 0) is 35.9 Å². The largest absolute Gasteiger partial charge is 0.497 e. The van der Waals surface area contributed by atoms with Crippen LogP contribution in [0.2, 0.25) is 4.34 Å². The zero-order valence-electron chi connectivity index (χ0n) is 11.9. The lowest BCUT2D eigenvalue weighted by atomic mass is 10.2. The van der Waals surface area contributed by atoms with Gasteiger partial charge in [0.2, 0.25) is 5.91 Å². The van der Waals surface area contributed by atoms with Crippen LogP contribution in [0.3, 0.4) is 0 Å². The molecule has 0 N–H and O–H groups in total. The van der Waals surface area contributed by atoms with Crippen LogP contribution in [0.25, 0.3) is 6.08 Å². The Kier molecular flexibility index (Phi) is 5.42. The van der Waals surface area contributed by atoms with E-state index in [0.29, 0.717) is 6.54 Å². The molecule has 0 aliphatic carbocycles. The number of carbonyl (C=O) groups is 1. The summed E-state index contributed by atoms with van der Waals surface area (Å²) < 4.78 is 5.83. The molecule has 0 spiro atoms. The summed E-state index contributed by atoms with van der Waals surface area (Å²) >= 11 is 7.37. The second-order valence-electron chi connectivity index (χ2n) is 4.51. The summed E-state index contributed by atoms with van der Waals surface area (Å²) in [6.07, 6.45) is 3.36. The van der Waals surface area contributed by atoms with Crippen molar-refractivity contribution >= 4 is 34.9 Å². The van der Waals surface area contributed by atoms with E-state index in [4.69, 9.17) is 16.3 Å². The molecule has 0 unspecified atom stereocenters. The number of amides is 1. The maximum Gasteiger partial charge on any atom is 0.246 e. The van der Waals surface area contributed by atoms with Gasteiger partial charge < -0.3 is 9.64 Å². The summed E-state index contributed by atoms with van der Waals surface area (Å²) in [7, 11) is 3.40. The number of hydrogen-bond acceptors (Lipinski definition) is 3. The minimum absolute atomic E-state index is 0.0460. The Morgan fingerprint density at radius 3 is 2.57 bits per heavy atom. The molecule has 0 bridgehead atoms. The van der Waals surface area contributed by atoms with Crippen molar-refractivity contribution in [2.45, 2.75) is 6.54 Å². The molecule has 21 heavy (non-hydrogen) atoms. The van der Waals surface area contributed by atoms with Crippen molar-refractivity contribution in [2.75, 3.05) is 14.2 Å². The molecule has 0 saturated carbocycles. The van der Waals surface area contributed by atoms with Gasteiger partial charge in [0.25, 0.3) is 0 Å². The van der Waals surface area contributed by atoms with E-state index in [1.807, 2.05) is 36.4 Å². The molecule has 1 aromatic carbocycles. The Labute approximate surface area is 133 Å². The summed E-state index contributed by atoms with van der Waals surface area (Å²) in [5.41, 5.74) is 0.955. The zero-order valence-corrected chi connectivity index (χ0v) is 13.4. The van der Waals surface area contributed by atoms with Crippen molar-refractivity contribution in [2.24, 2.45) is 0 Å². The number of ether oxygens (including phenoxy) is 1. The van der Waals surface area contributed by atoms with Gasteiger partial charge in [0.05, 0.1) is 18.0 Å². The van der Waals surface area contributed by atoms with Gasteiger partial charge in [0.15, 0.2) is 0 Å². The first-order valence-electron chi connectivity index (χ1n) is 6.40. The molecule has 0 aliphatic rings. The molecule has 110 valence electrons. The second kappa shape index (κ2) is 7.29. The van der Waals surface area contributed by atoms with Crippen LogP contribution >= 0.6 is 22.9 Å². The highest BCUT2D eigenvalue weighted by atomic mass is 35.5. The highest BCUT2D eigenvalue weighted by Crippen LogP contribution is 2.22. The highest BCUT2D eigenvalue weighted by molar-refractivity contribution is 7.16. The number of likely N-dealkylation sites (N-methyl/N-ethyl adjacent to an activating group) is 1. The smallest absolute Gasteiger partial charge is 0.246 e. The minimum atomic E-state index is -0.0460. The van der Waals surface area contributed by atoms with E-state index in [9.17, 15) is 4.79 Å². The quantitative estimate of drug-likeness (QED) is 0.776. The number of rotatable bonds is 5. The van der Waals surface area contributed by atoms with E-state index in [-0.39, 0.29) is 5.91 Å². The maximum absolute atomic E-state index is 12.0. The lowest BCUT2D eigenvalue weighted by molar-refractivity contribution is -0.125. The molecule has 0 fully saturated rings. The summed E-state index contributed by atoms with van der Waals surface area (Å²) in [5, 5.41) is 0. The normalized spacial score (nSPS) is 10.8. The summed E-state index contributed by atoms with van der Waals surface area (Å²) in [6, 6.07) is 11.3. The highest BCUT2D eigenvalue weighted by Gasteiger charge is 2.07. The standard InChI is InChI=1S/C16H16ClNO2S/c1-18(11-14-8-9-15(17)21-14)16(19)10-5-12-3-6-13(20-2)7-4-12/h3-10H,11H2,1-2H3/b10-5+. The Morgan fingerprint density at radius 1 is 1.29 bits per heavy atom. The molecule has 2 rings (SSSR count). The van der Waals surface area contributed by atoms with Crippen molar-refractivity contribution < 1.29 is 9.53 Å². The first-order chi connectivity index (χ1) is 10.1. The monoisotopic (exact) mass is 321 g/mol. The van der Waals surface area contributed by atoms with Crippen molar-refractivity contribution in [3.05, 3.63) is 57.3 Å². The third-order valence-corrected chi connectivity index (χ3v) is 4.15. The van der Waals surface area contributed by atoms with Crippen LogP contribution in [0.15, 0.2) is 42.5 Å². The van der Waals surface area contributed by atoms with E-state index >= 15 is 0 Å². The number of hydrogen-bond donors (Lipinski definition) is 0. The van der Waals surface area contributed by atoms with Crippen LogP contribution in [-0.2, 0) is 11.3 Å². The Morgan fingerprint density at radius 2 is 2.00 bits per heavy atom. The minimum Gasteiger partial charge on any atom is -0.497 e. The number of thiophene rings is 1. The lowest BCUT2D eigenvalue weighted by Crippen LogP contribution is -2.23. The van der Waals surface area contributed by atoms with Crippen molar-refractivity contribution in [1.82, 2.24) is 4.90 Å². The van der Waals surface area contributed by atoms with Gasteiger partial charge in [-0.1, -0.05) is 23.7 Å². The number of nitrogens with zero attached hydrogens (tertiary/aromatic N) is 1. The first kappa shape index (κ1) is 15.6. The fourth-order valence-corrected chi connectivity index (χ4v) is 2.90.